The molecule has 0 radical (unpaired) electrons. The quantitative estimate of drug-likeness (QED) is 0.170. The molecule has 1 fully saturated rings. The second-order valence-electron chi connectivity index (χ2n) is 9.32. The molecule has 2 unspecified atom stereocenters. The molecule has 1 aliphatic heterocycles. The molecule has 1 heterocycles. The number of Topliss-reactive ketones (excluding diaryl/α,β-unsaturated/α-hetero) is 1. The fourth-order valence-electron chi connectivity index (χ4n) is 5.92. The van der Waals surface area contributed by atoms with E-state index in [9.17, 15) is 19.2 Å². The Bertz CT molecular complexity index is 1380. The van der Waals surface area contributed by atoms with Crippen molar-refractivity contribution in [2.75, 3.05) is 13.2 Å². The SMILES string of the molecule is O=C(CN1C(=O)C2C(C1=O)C1(Br)c3ccccc3C2(Br)c2ccccc21)OCC(=O)c1ccc(Cl)cc1. The first-order chi connectivity index (χ1) is 17.7. The summed E-state index contributed by atoms with van der Waals surface area (Å²) in [5, 5.41) is 0.480. The molecule has 3 aromatic carbocycles. The Morgan fingerprint density at radius 2 is 1.22 bits per heavy atom. The van der Waals surface area contributed by atoms with Gasteiger partial charge in [-0.1, -0.05) is 92.0 Å². The van der Waals surface area contributed by atoms with Crippen LogP contribution in [0.4, 0.5) is 0 Å². The molecule has 2 amide bonds. The number of imide groups is 1. The zero-order valence-corrected chi connectivity index (χ0v) is 23.0. The summed E-state index contributed by atoms with van der Waals surface area (Å²) in [6.45, 7) is -1.08. The summed E-state index contributed by atoms with van der Waals surface area (Å²) in [5.74, 6) is -3.71. The summed E-state index contributed by atoms with van der Waals surface area (Å²) in [7, 11) is 0. The van der Waals surface area contributed by atoms with Crippen LogP contribution in [-0.4, -0.2) is 41.6 Å². The third-order valence-corrected chi connectivity index (χ3v) is 10.4. The van der Waals surface area contributed by atoms with Gasteiger partial charge in [0.25, 0.3) is 0 Å². The molecular weight excluding hydrogens is 626 g/mol. The van der Waals surface area contributed by atoms with E-state index in [-0.39, 0.29) is 0 Å². The van der Waals surface area contributed by atoms with E-state index in [2.05, 4.69) is 31.9 Å². The molecule has 2 atom stereocenters. The van der Waals surface area contributed by atoms with Crippen molar-refractivity contribution in [1.82, 2.24) is 4.90 Å². The van der Waals surface area contributed by atoms with Crippen molar-refractivity contribution in [2.45, 2.75) is 8.65 Å². The molecule has 37 heavy (non-hydrogen) atoms. The number of esters is 1. The Balaban J connectivity index is 1.30. The van der Waals surface area contributed by atoms with Crippen molar-refractivity contribution in [2.24, 2.45) is 11.8 Å². The summed E-state index contributed by atoms with van der Waals surface area (Å²) in [6.07, 6.45) is 0. The van der Waals surface area contributed by atoms with Gasteiger partial charge in [0.2, 0.25) is 11.8 Å². The zero-order chi connectivity index (χ0) is 26.1. The van der Waals surface area contributed by atoms with Gasteiger partial charge in [0, 0.05) is 10.6 Å². The number of rotatable bonds is 5. The monoisotopic (exact) mass is 641 g/mol. The molecule has 3 aromatic rings. The first-order valence-corrected chi connectivity index (χ1v) is 13.5. The van der Waals surface area contributed by atoms with Gasteiger partial charge in [0.15, 0.2) is 12.4 Å². The van der Waals surface area contributed by atoms with Gasteiger partial charge in [0.05, 0.1) is 20.5 Å². The summed E-state index contributed by atoms with van der Waals surface area (Å²) in [4.78, 5) is 53.6. The Morgan fingerprint density at radius 1 is 0.784 bits per heavy atom. The van der Waals surface area contributed by atoms with Crippen LogP contribution < -0.4 is 0 Å². The maximum absolute atomic E-state index is 13.8. The molecule has 3 aliphatic carbocycles. The lowest BCUT2D eigenvalue weighted by molar-refractivity contribution is -0.152. The highest BCUT2D eigenvalue weighted by atomic mass is 79.9. The van der Waals surface area contributed by atoms with E-state index >= 15 is 0 Å². The van der Waals surface area contributed by atoms with Gasteiger partial charge in [-0.05, 0) is 46.5 Å². The maximum Gasteiger partial charge on any atom is 0.326 e. The molecule has 186 valence electrons. The van der Waals surface area contributed by atoms with E-state index in [4.69, 9.17) is 16.3 Å². The van der Waals surface area contributed by atoms with Crippen LogP contribution in [0, 0.1) is 11.8 Å². The standard InChI is InChI=1S/C28H18Br2ClNO5/c29-27-17-5-1-2-6-18(17)28(30,20-8-4-3-7-19(20)27)24-23(27)25(35)32(26(24)36)13-22(34)37-14-21(33)15-9-11-16(31)12-10-15/h1-12,23-24H,13-14H2. The number of amides is 2. The number of ketones is 1. The molecule has 1 saturated heterocycles. The number of halogens is 3. The fraction of sp³-hybridized carbons (Fsp3) is 0.214. The van der Waals surface area contributed by atoms with Crippen molar-refractivity contribution < 1.29 is 23.9 Å². The predicted octanol–water partition coefficient (Wildman–Crippen LogP) is 4.97. The molecule has 4 aliphatic rings. The Morgan fingerprint density at radius 3 is 1.65 bits per heavy atom. The van der Waals surface area contributed by atoms with E-state index in [1.54, 1.807) is 12.1 Å². The number of ether oxygens (including phenoxy) is 1. The number of hydrogen-bond donors (Lipinski definition) is 0. The van der Waals surface area contributed by atoms with Crippen LogP contribution in [0.1, 0.15) is 32.6 Å². The highest BCUT2D eigenvalue weighted by Crippen LogP contribution is 2.70. The van der Waals surface area contributed by atoms with Gasteiger partial charge in [-0.15, -0.1) is 0 Å². The van der Waals surface area contributed by atoms with Gasteiger partial charge in [0.1, 0.15) is 6.54 Å². The van der Waals surface area contributed by atoms with Crippen molar-refractivity contribution in [1.29, 1.82) is 0 Å². The fourth-order valence-corrected chi connectivity index (χ4v) is 8.35. The molecule has 0 spiro atoms. The Kier molecular flexibility index (Phi) is 5.71. The summed E-state index contributed by atoms with van der Waals surface area (Å²) in [6, 6.07) is 21.7. The topological polar surface area (TPSA) is 80.8 Å². The molecule has 6 nitrogen and oxygen atoms in total. The molecule has 7 rings (SSSR count). The smallest absolute Gasteiger partial charge is 0.326 e. The number of carbonyl (C=O) groups excluding carboxylic acids is 4. The second kappa shape index (κ2) is 8.61. The van der Waals surface area contributed by atoms with Crippen LogP contribution in [0.25, 0.3) is 0 Å². The van der Waals surface area contributed by atoms with Crippen molar-refractivity contribution >= 4 is 67.0 Å². The van der Waals surface area contributed by atoms with Gasteiger partial charge in [-0.2, -0.15) is 0 Å². The van der Waals surface area contributed by atoms with Crippen molar-refractivity contribution in [3.63, 3.8) is 0 Å². The van der Waals surface area contributed by atoms with E-state index in [1.807, 2.05) is 48.5 Å². The van der Waals surface area contributed by atoms with Crippen LogP contribution in [0.3, 0.4) is 0 Å². The third-order valence-electron chi connectivity index (χ3n) is 7.49. The first kappa shape index (κ1) is 24.5. The Hall–Kier alpha value is -2.81. The van der Waals surface area contributed by atoms with Gasteiger partial charge in [-0.3, -0.25) is 24.1 Å². The zero-order valence-electron chi connectivity index (χ0n) is 19.1. The van der Waals surface area contributed by atoms with Crippen LogP contribution in [0.2, 0.25) is 5.02 Å². The van der Waals surface area contributed by atoms with Crippen molar-refractivity contribution in [3.05, 3.63) is 106 Å². The molecular formula is C28H18Br2ClNO5. The minimum absolute atomic E-state index is 0.339. The van der Waals surface area contributed by atoms with Crippen molar-refractivity contribution in [3.8, 4) is 0 Å². The molecule has 0 aromatic heterocycles. The molecule has 2 bridgehead atoms. The Labute approximate surface area is 234 Å². The number of likely N-dealkylation sites (tertiary alicyclic amines) is 1. The maximum atomic E-state index is 13.8. The number of nitrogens with zero attached hydrogens (tertiary/aromatic N) is 1. The third kappa shape index (κ3) is 3.35. The van der Waals surface area contributed by atoms with Crippen LogP contribution >= 0.6 is 43.5 Å². The minimum atomic E-state index is -0.934. The van der Waals surface area contributed by atoms with Crippen LogP contribution in [-0.2, 0) is 27.8 Å². The summed E-state index contributed by atoms with van der Waals surface area (Å²) >= 11 is 13.7. The highest BCUT2D eigenvalue weighted by molar-refractivity contribution is 9.10. The minimum Gasteiger partial charge on any atom is -0.456 e. The average molecular weight is 644 g/mol. The normalized spacial score (nSPS) is 26.9. The van der Waals surface area contributed by atoms with Crippen LogP contribution in [0.5, 0.6) is 0 Å². The lowest BCUT2D eigenvalue weighted by Crippen LogP contribution is -2.56. The van der Waals surface area contributed by atoms with Gasteiger partial charge in [-0.25, -0.2) is 0 Å². The molecule has 9 heteroatoms. The lowest BCUT2D eigenvalue weighted by Gasteiger charge is -2.55. The van der Waals surface area contributed by atoms with Gasteiger partial charge >= 0.3 is 5.97 Å². The predicted molar refractivity (Wildman–Crippen MR) is 143 cm³/mol. The van der Waals surface area contributed by atoms with E-state index in [0.29, 0.717) is 10.6 Å². The largest absolute Gasteiger partial charge is 0.456 e. The van der Waals surface area contributed by atoms with E-state index in [1.165, 1.54) is 12.1 Å². The number of alkyl halides is 2. The van der Waals surface area contributed by atoms with Crippen LogP contribution in [0.15, 0.2) is 72.8 Å². The lowest BCUT2D eigenvalue weighted by atomic mass is 9.54. The summed E-state index contributed by atoms with van der Waals surface area (Å²) < 4.78 is 3.28. The van der Waals surface area contributed by atoms with E-state index < -0.39 is 57.2 Å². The first-order valence-electron chi connectivity index (χ1n) is 11.6. The second-order valence-corrected chi connectivity index (χ2v) is 12.3. The number of benzene rings is 3. The molecule has 0 saturated carbocycles. The summed E-state index contributed by atoms with van der Waals surface area (Å²) in [5.41, 5.74) is 3.97. The number of carbonyl (C=O) groups is 4. The molecule has 0 N–H and O–H groups in total. The van der Waals surface area contributed by atoms with E-state index in [0.717, 1.165) is 27.2 Å². The highest BCUT2D eigenvalue weighted by Gasteiger charge is 2.72. The van der Waals surface area contributed by atoms with Gasteiger partial charge < -0.3 is 4.74 Å². The average Bonchev–Trinajstić information content (AvgIpc) is 3.16. The number of hydrogen-bond acceptors (Lipinski definition) is 5.